The zero-order valence-electron chi connectivity index (χ0n) is 8.73. The molecular weight excluding hydrogens is 196 g/mol. The predicted octanol–water partition coefficient (Wildman–Crippen LogP) is 2.04. The monoisotopic (exact) mass is 210 g/mol. The molecule has 15 heavy (non-hydrogen) atoms. The van der Waals surface area contributed by atoms with Gasteiger partial charge in [-0.05, 0) is 11.6 Å². The standard InChI is InChI=1S/C9H8O4.C2H6/c10-8(11)5-6-3-1-2-4-7(6)9(12)13;1-2/h1-4H,5H2,(H,10,11)(H,12,13);1-2H3. The first-order chi connectivity index (χ1) is 7.11. The Morgan fingerprint density at radius 1 is 1.13 bits per heavy atom. The molecule has 0 amide bonds. The van der Waals surface area contributed by atoms with Gasteiger partial charge in [-0.1, -0.05) is 32.0 Å². The molecule has 0 fully saturated rings. The molecular formula is C11H14O4. The Labute approximate surface area is 88.2 Å². The molecule has 0 saturated carbocycles. The number of carbonyl (C=O) groups is 2. The Kier molecular flexibility index (Phi) is 5.78. The maximum absolute atomic E-state index is 10.6. The van der Waals surface area contributed by atoms with E-state index in [1.807, 2.05) is 13.8 Å². The van der Waals surface area contributed by atoms with Crippen LogP contribution in [-0.4, -0.2) is 22.2 Å². The zero-order valence-corrected chi connectivity index (χ0v) is 8.73. The average molecular weight is 210 g/mol. The van der Waals surface area contributed by atoms with Gasteiger partial charge in [0.1, 0.15) is 0 Å². The molecule has 1 aromatic rings. The molecule has 0 bridgehead atoms. The number of aliphatic carboxylic acids is 1. The lowest BCUT2D eigenvalue weighted by atomic mass is 10.1. The highest BCUT2D eigenvalue weighted by Gasteiger charge is 2.10. The minimum absolute atomic E-state index is 0.0462. The van der Waals surface area contributed by atoms with Crippen LogP contribution in [0.1, 0.15) is 29.8 Å². The zero-order chi connectivity index (χ0) is 11.8. The van der Waals surface area contributed by atoms with Crippen LogP contribution in [0, 0.1) is 0 Å². The fourth-order valence-corrected chi connectivity index (χ4v) is 1.05. The fourth-order valence-electron chi connectivity index (χ4n) is 1.05. The Bertz CT molecular complexity index is 344. The normalized spacial score (nSPS) is 8.67. The van der Waals surface area contributed by atoms with Gasteiger partial charge < -0.3 is 10.2 Å². The van der Waals surface area contributed by atoms with Gasteiger partial charge in [-0.3, -0.25) is 4.79 Å². The summed E-state index contributed by atoms with van der Waals surface area (Å²) in [7, 11) is 0. The maximum Gasteiger partial charge on any atom is 0.335 e. The minimum atomic E-state index is -1.10. The van der Waals surface area contributed by atoms with Crippen LogP contribution in [-0.2, 0) is 11.2 Å². The van der Waals surface area contributed by atoms with Gasteiger partial charge in [0.2, 0.25) is 0 Å². The molecule has 0 aromatic heterocycles. The van der Waals surface area contributed by atoms with Crippen LogP contribution in [0.3, 0.4) is 0 Å². The molecule has 0 atom stereocenters. The van der Waals surface area contributed by atoms with E-state index < -0.39 is 11.9 Å². The largest absolute Gasteiger partial charge is 0.481 e. The first kappa shape index (κ1) is 13.2. The number of hydrogen-bond donors (Lipinski definition) is 2. The lowest BCUT2D eigenvalue weighted by Gasteiger charge is -2.01. The number of benzene rings is 1. The first-order valence-corrected chi connectivity index (χ1v) is 4.64. The second-order valence-corrected chi connectivity index (χ2v) is 2.53. The highest BCUT2D eigenvalue weighted by Crippen LogP contribution is 2.09. The summed E-state index contributed by atoms with van der Waals surface area (Å²) in [5.74, 6) is -2.13. The van der Waals surface area contributed by atoms with E-state index in [-0.39, 0.29) is 12.0 Å². The molecule has 1 aromatic carbocycles. The minimum Gasteiger partial charge on any atom is -0.481 e. The number of rotatable bonds is 3. The SMILES string of the molecule is CC.O=C(O)Cc1ccccc1C(=O)O. The van der Waals surface area contributed by atoms with Gasteiger partial charge in [0, 0.05) is 0 Å². The van der Waals surface area contributed by atoms with Crippen molar-refractivity contribution in [1.82, 2.24) is 0 Å². The summed E-state index contributed by atoms with van der Waals surface area (Å²) in [4.78, 5) is 21.0. The third kappa shape index (κ3) is 4.26. The average Bonchev–Trinajstić information content (AvgIpc) is 2.20. The molecule has 0 aliphatic rings. The molecule has 0 aliphatic heterocycles. The molecule has 0 radical (unpaired) electrons. The topological polar surface area (TPSA) is 74.6 Å². The number of hydrogen-bond acceptors (Lipinski definition) is 2. The van der Waals surface area contributed by atoms with E-state index in [0.29, 0.717) is 5.56 Å². The third-order valence-corrected chi connectivity index (χ3v) is 1.59. The summed E-state index contributed by atoms with van der Waals surface area (Å²) in [6.07, 6.45) is -0.261. The van der Waals surface area contributed by atoms with Gasteiger partial charge in [0.25, 0.3) is 0 Å². The van der Waals surface area contributed by atoms with Crippen LogP contribution in [0.5, 0.6) is 0 Å². The number of carboxylic acids is 2. The summed E-state index contributed by atoms with van der Waals surface area (Å²) in [6.45, 7) is 4.00. The van der Waals surface area contributed by atoms with Crippen molar-refractivity contribution in [3.8, 4) is 0 Å². The summed E-state index contributed by atoms with van der Waals surface area (Å²) < 4.78 is 0. The second-order valence-electron chi connectivity index (χ2n) is 2.53. The van der Waals surface area contributed by atoms with Crippen LogP contribution in [0.2, 0.25) is 0 Å². The van der Waals surface area contributed by atoms with Crippen LogP contribution in [0.25, 0.3) is 0 Å². The van der Waals surface area contributed by atoms with E-state index in [9.17, 15) is 9.59 Å². The Balaban J connectivity index is 0.000000921. The summed E-state index contributed by atoms with van der Waals surface area (Å²) in [5.41, 5.74) is 0.368. The molecule has 4 nitrogen and oxygen atoms in total. The van der Waals surface area contributed by atoms with Crippen molar-refractivity contribution < 1.29 is 19.8 Å². The number of carboxylic acid groups (broad SMARTS) is 2. The van der Waals surface area contributed by atoms with Gasteiger partial charge in [-0.2, -0.15) is 0 Å². The smallest absolute Gasteiger partial charge is 0.335 e. The predicted molar refractivity (Wildman–Crippen MR) is 56.1 cm³/mol. The first-order valence-electron chi connectivity index (χ1n) is 4.64. The van der Waals surface area contributed by atoms with Crippen molar-refractivity contribution in [1.29, 1.82) is 0 Å². The van der Waals surface area contributed by atoms with Crippen LogP contribution >= 0.6 is 0 Å². The van der Waals surface area contributed by atoms with Crippen molar-refractivity contribution in [2.75, 3.05) is 0 Å². The maximum atomic E-state index is 10.6. The van der Waals surface area contributed by atoms with Crippen LogP contribution < -0.4 is 0 Å². The van der Waals surface area contributed by atoms with Crippen LogP contribution in [0.15, 0.2) is 24.3 Å². The quantitative estimate of drug-likeness (QED) is 0.800. The van der Waals surface area contributed by atoms with Crippen molar-refractivity contribution in [2.24, 2.45) is 0 Å². The van der Waals surface area contributed by atoms with Gasteiger partial charge in [0.15, 0.2) is 0 Å². The molecule has 82 valence electrons. The molecule has 0 aliphatic carbocycles. The molecule has 2 N–H and O–H groups in total. The summed E-state index contributed by atoms with van der Waals surface area (Å²) >= 11 is 0. The van der Waals surface area contributed by atoms with E-state index in [1.54, 1.807) is 12.1 Å². The molecule has 1 rings (SSSR count). The Morgan fingerprint density at radius 3 is 2.13 bits per heavy atom. The van der Waals surface area contributed by atoms with Crippen molar-refractivity contribution in [3.05, 3.63) is 35.4 Å². The highest BCUT2D eigenvalue weighted by molar-refractivity contribution is 5.90. The van der Waals surface area contributed by atoms with E-state index >= 15 is 0 Å². The lowest BCUT2D eigenvalue weighted by Crippen LogP contribution is -2.07. The van der Waals surface area contributed by atoms with Crippen LogP contribution in [0.4, 0.5) is 0 Å². The molecule has 0 spiro atoms. The molecule has 0 saturated heterocycles. The Morgan fingerprint density at radius 2 is 1.67 bits per heavy atom. The van der Waals surface area contributed by atoms with E-state index in [2.05, 4.69) is 0 Å². The highest BCUT2D eigenvalue weighted by atomic mass is 16.4. The van der Waals surface area contributed by atoms with Gasteiger partial charge in [-0.25, -0.2) is 4.79 Å². The molecule has 0 heterocycles. The Hall–Kier alpha value is -1.84. The van der Waals surface area contributed by atoms with E-state index in [0.717, 1.165) is 0 Å². The third-order valence-electron chi connectivity index (χ3n) is 1.59. The van der Waals surface area contributed by atoms with Crippen molar-refractivity contribution in [2.45, 2.75) is 20.3 Å². The van der Waals surface area contributed by atoms with E-state index in [1.165, 1.54) is 12.1 Å². The van der Waals surface area contributed by atoms with Gasteiger partial charge >= 0.3 is 11.9 Å². The van der Waals surface area contributed by atoms with E-state index in [4.69, 9.17) is 10.2 Å². The van der Waals surface area contributed by atoms with Crippen molar-refractivity contribution >= 4 is 11.9 Å². The molecule has 4 heteroatoms. The number of aromatic carboxylic acids is 1. The second kappa shape index (κ2) is 6.59. The van der Waals surface area contributed by atoms with Gasteiger partial charge in [0.05, 0.1) is 12.0 Å². The molecule has 0 unspecified atom stereocenters. The fraction of sp³-hybridized carbons (Fsp3) is 0.273. The lowest BCUT2D eigenvalue weighted by molar-refractivity contribution is -0.136. The summed E-state index contributed by atoms with van der Waals surface area (Å²) in [5, 5.41) is 17.2. The summed E-state index contributed by atoms with van der Waals surface area (Å²) in [6, 6.07) is 6.07. The van der Waals surface area contributed by atoms with Gasteiger partial charge in [-0.15, -0.1) is 0 Å². The van der Waals surface area contributed by atoms with Crippen molar-refractivity contribution in [3.63, 3.8) is 0 Å².